The van der Waals surface area contributed by atoms with Gasteiger partial charge >= 0.3 is 0 Å². The van der Waals surface area contributed by atoms with Crippen LogP contribution in [-0.4, -0.2) is 19.9 Å². The number of ketones is 2. The van der Waals surface area contributed by atoms with Crippen LogP contribution in [0, 0.1) is 5.92 Å². The van der Waals surface area contributed by atoms with E-state index in [0.717, 1.165) is 12.8 Å². The van der Waals surface area contributed by atoms with Gasteiger partial charge in [-0.3, -0.25) is 9.59 Å². The third kappa shape index (κ3) is 3.74. The molecule has 0 aromatic carbocycles. The maximum Gasteiger partial charge on any atom is 0.255 e. The smallest absolute Gasteiger partial charge is 0.255 e. The molecule has 0 atom stereocenters. The Hall–Kier alpha value is -0.510. The van der Waals surface area contributed by atoms with E-state index in [1.807, 2.05) is 13.8 Å². The molecule has 106 valence electrons. The van der Waals surface area contributed by atoms with E-state index in [-0.39, 0.29) is 17.4 Å². The fourth-order valence-electron chi connectivity index (χ4n) is 1.97. The van der Waals surface area contributed by atoms with Crippen molar-refractivity contribution in [2.45, 2.75) is 30.5 Å². The largest absolute Gasteiger partial charge is 0.347 e. The second-order valence-electron chi connectivity index (χ2n) is 4.43. The van der Waals surface area contributed by atoms with Crippen LogP contribution in [0.1, 0.15) is 47.5 Å². The first-order chi connectivity index (χ1) is 8.72. The Kier molecular flexibility index (Phi) is 5.48. The number of aromatic nitrogens is 1. The number of carbonyl (C=O) groups excluding carboxylic acids is 2. The number of Topliss-reactive ketones (excluding diaryl/α,β-unsaturated/α-hetero) is 2. The Labute approximate surface area is 127 Å². The SMILES string of the molecule is CCC(CC)C(=O)c1cc(C(=O)C(Cl)(Cl)Cl)n(C)c1. The van der Waals surface area contributed by atoms with E-state index in [1.165, 1.54) is 10.6 Å². The van der Waals surface area contributed by atoms with Gasteiger partial charge in [-0.05, 0) is 18.9 Å². The fourth-order valence-corrected chi connectivity index (χ4v) is 2.26. The van der Waals surface area contributed by atoms with Crippen molar-refractivity contribution in [3.63, 3.8) is 0 Å². The summed E-state index contributed by atoms with van der Waals surface area (Å²) in [7, 11) is 1.65. The molecule has 0 amide bonds. The highest BCUT2D eigenvalue weighted by Gasteiger charge is 2.34. The molecule has 0 bridgehead atoms. The maximum atomic E-state index is 12.2. The zero-order valence-corrected chi connectivity index (χ0v) is 13.3. The topological polar surface area (TPSA) is 39.1 Å². The third-order valence-electron chi connectivity index (χ3n) is 3.14. The molecule has 1 aromatic rings. The van der Waals surface area contributed by atoms with Crippen molar-refractivity contribution in [1.29, 1.82) is 0 Å². The minimum Gasteiger partial charge on any atom is -0.347 e. The maximum absolute atomic E-state index is 12.2. The molecule has 0 aliphatic heterocycles. The molecule has 0 spiro atoms. The molecule has 1 aromatic heterocycles. The molecule has 1 rings (SSSR count). The van der Waals surface area contributed by atoms with Crippen molar-refractivity contribution in [1.82, 2.24) is 4.57 Å². The van der Waals surface area contributed by atoms with Gasteiger partial charge in [0.15, 0.2) is 5.78 Å². The number of hydrogen-bond acceptors (Lipinski definition) is 2. The Balaban J connectivity index is 3.10. The number of hydrogen-bond donors (Lipinski definition) is 0. The minimum atomic E-state index is -2.01. The van der Waals surface area contributed by atoms with Gasteiger partial charge in [-0.1, -0.05) is 48.7 Å². The van der Waals surface area contributed by atoms with Gasteiger partial charge in [0.05, 0.1) is 5.69 Å². The van der Waals surface area contributed by atoms with E-state index in [0.29, 0.717) is 5.56 Å². The van der Waals surface area contributed by atoms with Crippen LogP contribution in [0.25, 0.3) is 0 Å². The molecule has 19 heavy (non-hydrogen) atoms. The molecular formula is C13H16Cl3NO2. The van der Waals surface area contributed by atoms with Gasteiger partial charge in [0, 0.05) is 24.7 Å². The molecule has 0 fully saturated rings. The van der Waals surface area contributed by atoms with Crippen LogP contribution in [0.4, 0.5) is 0 Å². The first kappa shape index (κ1) is 16.5. The summed E-state index contributed by atoms with van der Waals surface area (Å²) in [5, 5.41) is 0. The van der Waals surface area contributed by atoms with Crippen LogP contribution in [0.5, 0.6) is 0 Å². The lowest BCUT2D eigenvalue weighted by atomic mass is 9.94. The van der Waals surface area contributed by atoms with Gasteiger partial charge in [0.2, 0.25) is 5.78 Å². The summed E-state index contributed by atoms with van der Waals surface area (Å²) in [5.74, 6) is -0.661. The Morgan fingerprint density at radius 1 is 1.26 bits per heavy atom. The van der Waals surface area contributed by atoms with E-state index >= 15 is 0 Å². The van der Waals surface area contributed by atoms with E-state index in [9.17, 15) is 9.59 Å². The number of rotatable bonds is 5. The summed E-state index contributed by atoms with van der Waals surface area (Å²) in [6, 6.07) is 1.49. The Bertz CT molecular complexity index is 485. The lowest BCUT2D eigenvalue weighted by Crippen LogP contribution is -2.21. The third-order valence-corrected chi connectivity index (χ3v) is 3.65. The predicted molar refractivity (Wildman–Crippen MR) is 78.4 cm³/mol. The number of carbonyl (C=O) groups is 2. The molecule has 3 nitrogen and oxygen atoms in total. The average Bonchev–Trinajstić information content (AvgIpc) is 2.70. The van der Waals surface area contributed by atoms with Crippen LogP contribution in [0.3, 0.4) is 0 Å². The second-order valence-corrected chi connectivity index (χ2v) is 6.71. The van der Waals surface area contributed by atoms with Gasteiger partial charge in [0.1, 0.15) is 0 Å². The first-order valence-electron chi connectivity index (χ1n) is 6.04. The molecule has 0 unspecified atom stereocenters. The average molecular weight is 325 g/mol. The Morgan fingerprint density at radius 2 is 1.79 bits per heavy atom. The van der Waals surface area contributed by atoms with E-state index < -0.39 is 9.58 Å². The van der Waals surface area contributed by atoms with E-state index in [2.05, 4.69) is 0 Å². The molecular weight excluding hydrogens is 309 g/mol. The monoisotopic (exact) mass is 323 g/mol. The molecule has 0 N–H and O–H groups in total. The molecule has 6 heteroatoms. The summed E-state index contributed by atoms with van der Waals surface area (Å²) in [6.45, 7) is 3.92. The van der Waals surface area contributed by atoms with Crippen LogP contribution in [0.15, 0.2) is 12.3 Å². The zero-order valence-electron chi connectivity index (χ0n) is 11.0. The second kappa shape index (κ2) is 6.29. The molecule has 0 saturated heterocycles. The molecule has 0 aliphatic carbocycles. The fraction of sp³-hybridized carbons (Fsp3) is 0.538. The van der Waals surface area contributed by atoms with Gasteiger partial charge in [-0.2, -0.15) is 0 Å². The van der Waals surface area contributed by atoms with Crippen molar-refractivity contribution in [3.05, 3.63) is 23.5 Å². The molecule has 1 heterocycles. The van der Waals surface area contributed by atoms with Crippen molar-refractivity contribution in [2.75, 3.05) is 0 Å². The highest BCUT2D eigenvalue weighted by Crippen LogP contribution is 2.31. The van der Waals surface area contributed by atoms with E-state index in [4.69, 9.17) is 34.8 Å². The number of nitrogens with zero attached hydrogens (tertiary/aromatic N) is 1. The van der Waals surface area contributed by atoms with Crippen molar-refractivity contribution >= 4 is 46.4 Å². The Morgan fingerprint density at radius 3 is 2.21 bits per heavy atom. The van der Waals surface area contributed by atoms with Crippen molar-refractivity contribution in [3.8, 4) is 0 Å². The number of alkyl halides is 3. The highest BCUT2D eigenvalue weighted by molar-refractivity contribution is 6.77. The highest BCUT2D eigenvalue weighted by atomic mass is 35.6. The predicted octanol–water partition coefficient (Wildman–Crippen LogP) is 4.20. The summed E-state index contributed by atoms with van der Waals surface area (Å²) in [6.07, 6.45) is 3.13. The zero-order chi connectivity index (χ0) is 14.8. The van der Waals surface area contributed by atoms with Gasteiger partial charge in [-0.15, -0.1) is 0 Å². The number of aryl methyl sites for hydroxylation is 1. The standard InChI is InChI=1S/C13H16Cl3NO2/c1-4-8(5-2)11(18)9-6-10(17(3)7-9)12(19)13(14,15)16/h6-8H,4-5H2,1-3H3. The van der Waals surface area contributed by atoms with E-state index in [1.54, 1.807) is 13.2 Å². The summed E-state index contributed by atoms with van der Waals surface area (Å²) >= 11 is 16.7. The summed E-state index contributed by atoms with van der Waals surface area (Å²) in [4.78, 5) is 24.1. The van der Waals surface area contributed by atoms with Crippen LogP contribution < -0.4 is 0 Å². The van der Waals surface area contributed by atoms with Crippen molar-refractivity contribution in [2.24, 2.45) is 13.0 Å². The lowest BCUT2D eigenvalue weighted by molar-refractivity contribution is 0.0913. The van der Waals surface area contributed by atoms with Gasteiger partial charge in [-0.25, -0.2) is 0 Å². The molecule has 0 radical (unpaired) electrons. The number of halogens is 3. The first-order valence-corrected chi connectivity index (χ1v) is 7.17. The quantitative estimate of drug-likeness (QED) is 0.601. The van der Waals surface area contributed by atoms with Crippen LogP contribution in [0.2, 0.25) is 0 Å². The molecule has 0 aliphatic rings. The minimum absolute atomic E-state index is 0.0176. The van der Waals surface area contributed by atoms with Gasteiger partial charge < -0.3 is 4.57 Å². The normalized spacial score (nSPS) is 11.9. The van der Waals surface area contributed by atoms with Crippen LogP contribution >= 0.6 is 34.8 Å². The summed E-state index contributed by atoms with van der Waals surface area (Å²) < 4.78 is -0.499. The lowest BCUT2D eigenvalue weighted by Gasteiger charge is -2.09. The van der Waals surface area contributed by atoms with Gasteiger partial charge in [0.25, 0.3) is 3.79 Å². The van der Waals surface area contributed by atoms with Crippen molar-refractivity contribution < 1.29 is 9.59 Å². The van der Waals surface area contributed by atoms with Crippen LogP contribution in [-0.2, 0) is 7.05 Å². The molecule has 0 saturated carbocycles. The summed E-state index contributed by atoms with van der Waals surface area (Å²) in [5.41, 5.74) is 0.697.